The Labute approximate surface area is 122 Å². The van der Waals surface area contributed by atoms with E-state index in [1.165, 1.54) is 6.20 Å². The number of carbonyl (C=O) groups is 2. The molecule has 0 aliphatic carbocycles. The minimum atomic E-state index is -0.636. The third kappa shape index (κ3) is 5.88. The first-order valence-corrected chi connectivity index (χ1v) is 6.51. The Balaban J connectivity index is 2.75. The summed E-state index contributed by atoms with van der Waals surface area (Å²) in [5, 5.41) is 2.50. The van der Waals surface area contributed by atoms with Gasteiger partial charge in [0.2, 0.25) is 0 Å². The van der Waals surface area contributed by atoms with Crippen LogP contribution in [0.3, 0.4) is 0 Å². The van der Waals surface area contributed by atoms with Crippen LogP contribution in [0.5, 0.6) is 0 Å². The molecule has 1 heterocycles. The van der Waals surface area contributed by atoms with Crippen molar-refractivity contribution in [1.29, 1.82) is 0 Å². The number of pyridine rings is 1. The lowest BCUT2D eigenvalue weighted by Crippen LogP contribution is -2.28. The van der Waals surface area contributed by atoms with E-state index in [4.69, 9.17) is 16.3 Å². The molecule has 0 spiro atoms. The van der Waals surface area contributed by atoms with Gasteiger partial charge in [0.15, 0.2) is 6.07 Å². The van der Waals surface area contributed by atoms with Gasteiger partial charge >= 0.3 is 12.1 Å². The van der Waals surface area contributed by atoms with Crippen LogP contribution in [0.2, 0.25) is 0 Å². The number of nitrogens with one attached hydrogen (secondary N) is 1. The molecule has 1 aromatic heterocycles. The molecule has 7 heteroatoms. The number of alkyl halides is 1. The zero-order valence-corrected chi connectivity index (χ0v) is 12.4. The topological polar surface area (TPSA) is 77.5 Å². The van der Waals surface area contributed by atoms with Gasteiger partial charge in [0, 0.05) is 11.8 Å². The number of carbonyl (C=O) groups excluding carboxylic acids is 2. The fourth-order valence-electron chi connectivity index (χ4n) is 1.36. The fourth-order valence-corrected chi connectivity index (χ4v) is 1.48. The summed E-state index contributed by atoms with van der Waals surface area (Å²) in [7, 11) is 0. The lowest BCUT2D eigenvalue weighted by molar-refractivity contribution is -0.140. The number of halogens is 1. The van der Waals surface area contributed by atoms with Crippen LogP contribution in [0.25, 0.3) is 0 Å². The molecule has 1 amide bonds. The van der Waals surface area contributed by atoms with Crippen LogP contribution < -0.4 is 5.32 Å². The average Bonchev–Trinajstić information content (AvgIpc) is 2.29. The molecule has 0 fully saturated rings. The molecule has 0 unspecified atom stereocenters. The average molecular weight is 301 g/mol. The number of amides is 1. The number of ether oxygens (including phenoxy) is 2. The summed E-state index contributed by atoms with van der Waals surface area (Å²) in [4.78, 5) is 27.1. The van der Waals surface area contributed by atoms with Crippen molar-refractivity contribution in [3.05, 3.63) is 23.9 Å². The molecule has 0 bridgehead atoms. The maximum atomic E-state index is 11.7. The summed E-state index contributed by atoms with van der Waals surface area (Å²) >= 11 is 5.31. The predicted molar refractivity (Wildman–Crippen MR) is 74.6 cm³/mol. The summed E-state index contributed by atoms with van der Waals surface area (Å²) in [6.45, 7) is 5.26. The van der Waals surface area contributed by atoms with Crippen LogP contribution in [-0.2, 0) is 20.7 Å². The zero-order chi connectivity index (χ0) is 15.2. The molecule has 0 aliphatic rings. The molecule has 0 aliphatic heterocycles. The van der Waals surface area contributed by atoms with Crippen molar-refractivity contribution in [2.75, 3.05) is 11.4 Å². The molecular weight excluding hydrogens is 284 g/mol. The molecule has 6 nitrogen and oxygen atoms in total. The van der Waals surface area contributed by atoms with Gasteiger partial charge in [-0.1, -0.05) is 17.7 Å². The van der Waals surface area contributed by atoms with E-state index in [2.05, 4.69) is 15.0 Å². The van der Waals surface area contributed by atoms with E-state index in [0.717, 1.165) is 0 Å². The maximum Gasteiger partial charge on any atom is 0.413 e. The largest absolute Gasteiger partial charge is 0.449 e. The first-order chi connectivity index (χ1) is 9.31. The Kier molecular flexibility index (Phi) is 5.76. The third-order valence-corrected chi connectivity index (χ3v) is 2.17. The molecule has 0 saturated heterocycles. The Hall–Kier alpha value is -1.82. The summed E-state index contributed by atoms with van der Waals surface area (Å²) in [6, 6.07) is 3.10. The molecule has 0 aromatic carbocycles. The molecule has 0 saturated carbocycles. The second kappa shape index (κ2) is 7.09. The lowest BCUT2D eigenvalue weighted by Gasteiger charge is -2.20. The van der Waals surface area contributed by atoms with Crippen molar-refractivity contribution < 1.29 is 19.1 Å². The molecule has 1 rings (SSSR count). The van der Waals surface area contributed by atoms with E-state index in [0.29, 0.717) is 5.56 Å². The van der Waals surface area contributed by atoms with Gasteiger partial charge in [-0.05, 0) is 26.8 Å². The number of anilines is 1. The second-order valence-electron chi connectivity index (χ2n) is 4.94. The van der Waals surface area contributed by atoms with Gasteiger partial charge in [0.05, 0.1) is 6.42 Å². The van der Waals surface area contributed by atoms with Crippen LogP contribution >= 0.6 is 11.6 Å². The maximum absolute atomic E-state index is 11.7. The summed E-state index contributed by atoms with van der Waals surface area (Å²) in [5.74, 6) is -0.242. The Morgan fingerprint density at radius 2 is 2.10 bits per heavy atom. The summed E-state index contributed by atoms with van der Waals surface area (Å²) in [6.07, 6.45) is 0.831. The number of hydrogen-bond donors (Lipinski definition) is 1. The van der Waals surface area contributed by atoms with Crippen LogP contribution in [-0.4, -0.2) is 28.7 Å². The van der Waals surface area contributed by atoms with E-state index >= 15 is 0 Å². The van der Waals surface area contributed by atoms with Gasteiger partial charge in [-0.25, -0.2) is 9.78 Å². The quantitative estimate of drug-likeness (QED) is 0.683. The zero-order valence-electron chi connectivity index (χ0n) is 11.6. The van der Waals surface area contributed by atoms with Crippen LogP contribution in [0.4, 0.5) is 10.6 Å². The summed E-state index contributed by atoms with van der Waals surface area (Å²) in [5.41, 5.74) is -0.0928. The first kappa shape index (κ1) is 16.2. The second-order valence-corrected chi connectivity index (χ2v) is 5.16. The van der Waals surface area contributed by atoms with Gasteiger partial charge in [-0.15, -0.1) is 0 Å². The number of rotatable bonds is 4. The van der Waals surface area contributed by atoms with Crippen molar-refractivity contribution in [3.8, 4) is 0 Å². The third-order valence-electron chi connectivity index (χ3n) is 2.06. The van der Waals surface area contributed by atoms with Gasteiger partial charge < -0.3 is 9.47 Å². The number of esters is 1. The van der Waals surface area contributed by atoms with Crippen LogP contribution in [0.1, 0.15) is 26.3 Å². The van der Waals surface area contributed by atoms with Crippen LogP contribution in [0, 0.1) is 0 Å². The van der Waals surface area contributed by atoms with E-state index < -0.39 is 17.7 Å². The van der Waals surface area contributed by atoms with Crippen molar-refractivity contribution in [1.82, 2.24) is 4.98 Å². The van der Waals surface area contributed by atoms with Crippen molar-refractivity contribution in [3.63, 3.8) is 0 Å². The van der Waals surface area contributed by atoms with Crippen molar-refractivity contribution >= 4 is 29.5 Å². The number of aromatic nitrogens is 1. The highest BCUT2D eigenvalue weighted by atomic mass is 35.5. The molecule has 20 heavy (non-hydrogen) atoms. The van der Waals surface area contributed by atoms with Crippen molar-refractivity contribution in [2.24, 2.45) is 0 Å². The molecule has 0 atom stereocenters. The van der Waals surface area contributed by atoms with Crippen molar-refractivity contribution in [2.45, 2.75) is 32.8 Å². The molecule has 1 N–H and O–H groups in total. The van der Waals surface area contributed by atoms with Gasteiger partial charge in [-0.2, -0.15) is 0 Å². The number of hydrogen-bond acceptors (Lipinski definition) is 5. The normalized spacial score (nSPS) is 10.8. The summed E-state index contributed by atoms with van der Waals surface area (Å²) < 4.78 is 9.76. The lowest BCUT2D eigenvalue weighted by atomic mass is 10.2. The highest BCUT2D eigenvalue weighted by Crippen LogP contribution is 2.15. The Morgan fingerprint density at radius 1 is 1.40 bits per heavy atom. The monoisotopic (exact) mass is 300 g/mol. The van der Waals surface area contributed by atoms with Crippen LogP contribution in [0.15, 0.2) is 18.3 Å². The minimum Gasteiger partial charge on any atom is -0.449 e. The SMILES string of the molecule is CC(C)(C)OC(=O)Nc1ncccc1CC(=O)OCCl. The standard InChI is InChI=1S/C13H17ClN2O4/c1-13(2,3)20-12(18)16-11-9(5-4-6-15-11)7-10(17)19-8-14/h4-6H,7-8H2,1-3H3,(H,15,16,18). The smallest absolute Gasteiger partial charge is 0.413 e. The predicted octanol–water partition coefficient (Wildman–Crippen LogP) is 2.71. The van der Waals surface area contributed by atoms with Gasteiger partial charge in [0.1, 0.15) is 11.4 Å². The fraction of sp³-hybridized carbons (Fsp3) is 0.462. The Bertz CT molecular complexity index is 486. The minimum absolute atomic E-state index is 0.0360. The highest BCUT2D eigenvalue weighted by Gasteiger charge is 2.18. The molecule has 110 valence electrons. The van der Waals surface area contributed by atoms with E-state index in [9.17, 15) is 9.59 Å². The molecular formula is C13H17ClN2O4. The molecule has 1 aromatic rings. The Morgan fingerprint density at radius 3 is 2.70 bits per heavy atom. The highest BCUT2D eigenvalue weighted by molar-refractivity contribution is 6.17. The van der Waals surface area contributed by atoms with Gasteiger partial charge in [-0.3, -0.25) is 10.1 Å². The van der Waals surface area contributed by atoms with Gasteiger partial charge in [0.25, 0.3) is 0 Å². The molecule has 0 radical (unpaired) electrons. The number of nitrogens with zero attached hydrogens (tertiary/aromatic N) is 1. The van der Waals surface area contributed by atoms with E-state index in [1.54, 1.807) is 32.9 Å². The van der Waals surface area contributed by atoms with E-state index in [-0.39, 0.29) is 18.3 Å². The van der Waals surface area contributed by atoms with E-state index in [1.807, 2.05) is 0 Å². The first-order valence-electron chi connectivity index (χ1n) is 5.97.